The van der Waals surface area contributed by atoms with Gasteiger partial charge in [-0.2, -0.15) is 0 Å². The fraction of sp³-hybridized carbons (Fsp3) is 0.636. The van der Waals surface area contributed by atoms with Gasteiger partial charge in [0.05, 0.1) is 12.2 Å². The number of furan rings is 1. The van der Waals surface area contributed by atoms with Crippen LogP contribution in [0.1, 0.15) is 30.1 Å². The van der Waals surface area contributed by atoms with Gasteiger partial charge in [-0.05, 0) is 26.8 Å². The number of rotatable bonds is 1. The summed E-state index contributed by atoms with van der Waals surface area (Å²) in [5.74, 6) is 1.93. The maximum absolute atomic E-state index is 5.84. The number of aryl methyl sites for hydroxylation is 2. The van der Waals surface area contributed by atoms with Gasteiger partial charge in [0.1, 0.15) is 11.5 Å². The van der Waals surface area contributed by atoms with E-state index in [9.17, 15) is 0 Å². The molecule has 0 aromatic carbocycles. The van der Waals surface area contributed by atoms with Crippen LogP contribution in [0.25, 0.3) is 0 Å². The molecule has 3 heteroatoms. The maximum Gasteiger partial charge on any atom is 0.106 e. The summed E-state index contributed by atoms with van der Waals surface area (Å²) in [5.41, 5.74) is 1.18. The van der Waals surface area contributed by atoms with E-state index in [0.717, 1.165) is 24.6 Å². The van der Waals surface area contributed by atoms with Gasteiger partial charge in [-0.15, -0.1) is 0 Å². The number of ether oxygens (including phenoxy) is 1. The third kappa shape index (κ3) is 1.83. The van der Waals surface area contributed by atoms with Gasteiger partial charge < -0.3 is 14.5 Å². The van der Waals surface area contributed by atoms with E-state index in [2.05, 4.69) is 18.3 Å². The van der Waals surface area contributed by atoms with Crippen molar-refractivity contribution in [1.29, 1.82) is 0 Å². The summed E-state index contributed by atoms with van der Waals surface area (Å²) in [6.07, 6.45) is 0.430. The number of hydrogen-bond acceptors (Lipinski definition) is 3. The molecule has 1 aliphatic rings. The SMILES string of the molecule is Cc1cc(C2CNCC(C)O2)c(C)o1. The van der Waals surface area contributed by atoms with Gasteiger partial charge in [-0.25, -0.2) is 0 Å². The molecular formula is C11H17NO2. The molecule has 1 aliphatic heterocycles. The molecule has 0 aliphatic carbocycles. The molecule has 2 heterocycles. The van der Waals surface area contributed by atoms with Crippen molar-refractivity contribution in [3.63, 3.8) is 0 Å². The van der Waals surface area contributed by atoms with E-state index in [1.165, 1.54) is 5.56 Å². The number of morpholine rings is 1. The van der Waals surface area contributed by atoms with Crippen molar-refractivity contribution in [3.05, 3.63) is 23.2 Å². The highest BCUT2D eigenvalue weighted by atomic mass is 16.5. The molecule has 0 spiro atoms. The largest absolute Gasteiger partial charge is 0.466 e. The van der Waals surface area contributed by atoms with Gasteiger partial charge in [0.25, 0.3) is 0 Å². The quantitative estimate of drug-likeness (QED) is 0.743. The van der Waals surface area contributed by atoms with Crippen molar-refractivity contribution in [2.45, 2.75) is 33.0 Å². The molecule has 0 saturated carbocycles. The van der Waals surface area contributed by atoms with Crippen molar-refractivity contribution in [1.82, 2.24) is 5.32 Å². The zero-order valence-corrected chi connectivity index (χ0v) is 8.96. The minimum Gasteiger partial charge on any atom is -0.466 e. The Balaban J connectivity index is 2.17. The topological polar surface area (TPSA) is 34.4 Å². The second kappa shape index (κ2) is 3.75. The van der Waals surface area contributed by atoms with Crippen molar-refractivity contribution in [2.75, 3.05) is 13.1 Å². The van der Waals surface area contributed by atoms with Gasteiger partial charge in [-0.3, -0.25) is 0 Å². The number of hydrogen-bond donors (Lipinski definition) is 1. The molecule has 2 unspecified atom stereocenters. The molecule has 78 valence electrons. The summed E-state index contributed by atoms with van der Waals surface area (Å²) < 4.78 is 11.3. The van der Waals surface area contributed by atoms with Crippen LogP contribution in [0, 0.1) is 13.8 Å². The van der Waals surface area contributed by atoms with Crippen molar-refractivity contribution >= 4 is 0 Å². The van der Waals surface area contributed by atoms with E-state index in [0.29, 0.717) is 0 Å². The summed E-state index contributed by atoms with van der Waals surface area (Å²) in [4.78, 5) is 0. The molecule has 1 aromatic heterocycles. The highest BCUT2D eigenvalue weighted by Gasteiger charge is 2.23. The zero-order valence-electron chi connectivity index (χ0n) is 8.96. The first-order valence-corrected chi connectivity index (χ1v) is 5.10. The van der Waals surface area contributed by atoms with Crippen LogP contribution in [0.4, 0.5) is 0 Å². The van der Waals surface area contributed by atoms with E-state index >= 15 is 0 Å². The maximum atomic E-state index is 5.84. The fourth-order valence-corrected chi connectivity index (χ4v) is 1.95. The summed E-state index contributed by atoms with van der Waals surface area (Å²) >= 11 is 0. The normalized spacial score (nSPS) is 27.9. The van der Waals surface area contributed by atoms with Gasteiger partial charge in [0, 0.05) is 18.7 Å². The second-order valence-electron chi connectivity index (χ2n) is 3.96. The predicted molar refractivity (Wildman–Crippen MR) is 54.3 cm³/mol. The van der Waals surface area contributed by atoms with E-state index < -0.39 is 0 Å². The lowest BCUT2D eigenvalue weighted by molar-refractivity contribution is -0.0293. The van der Waals surface area contributed by atoms with Crippen LogP contribution in [0.15, 0.2) is 10.5 Å². The Morgan fingerprint density at radius 3 is 2.71 bits per heavy atom. The predicted octanol–water partition coefficient (Wildman–Crippen LogP) is 1.95. The molecule has 0 amide bonds. The third-order valence-corrected chi connectivity index (χ3v) is 2.58. The van der Waals surface area contributed by atoms with Crippen molar-refractivity contribution in [3.8, 4) is 0 Å². The Morgan fingerprint density at radius 1 is 1.36 bits per heavy atom. The molecule has 0 bridgehead atoms. The smallest absolute Gasteiger partial charge is 0.106 e. The lowest BCUT2D eigenvalue weighted by atomic mass is 10.1. The fourth-order valence-electron chi connectivity index (χ4n) is 1.95. The van der Waals surface area contributed by atoms with E-state index in [-0.39, 0.29) is 12.2 Å². The minimum absolute atomic E-state index is 0.149. The molecule has 3 nitrogen and oxygen atoms in total. The Bertz CT molecular complexity index is 319. The molecule has 1 N–H and O–H groups in total. The van der Waals surface area contributed by atoms with Gasteiger partial charge in [0.15, 0.2) is 0 Å². The molecule has 2 atom stereocenters. The first-order valence-electron chi connectivity index (χ1n) is 5.10. The Morgan fingerprint density at radius 2 is 2.14 bits per heavy atom. The third-order valence-electron chi connectivity index (χ3n) is 2.58. The molecule has 1 saturated heterocycles. The van der Waals surface area contributed by atoms with Crippen molar-refractivity contribution in [2.24, 2.45) is 0 Å². The van der Waals surface area contributed by atoms with Crippen molar-refractivity contribution < 1.29 is 9.15 Å². The second-order valence-corrected chi connectivity index (χ2v) is 3.96. The van der Waals surface area contributed by atoms with Crippen LogP contribution >= 0.6 is 0 Å². The summed E-state index contributed by atoms with van der Waals surface area (Å²) in [7, 11) is 0. The van der Waals surface area contributed by atoms with Gasteiger partial charge in [-0.1, -0.05) is 0 Å². The lowest BCUT2D eigenvalue weighted by Crippen LogP contribution is -2.38. The van der Waals surface area contributed by atoms with Crippen LogP contribution < -0.4 is 5.32 Å². The Labute approximate surface area is 84.4 Å². The van der Waals surface area contributed by atoms with E-state index in [1.54, 1.807) is 0 Å². The average molecular weight is 195 g/mol. The van der Waals surface area contributed by atoms with Crippen LogP contribution in [0.5, 0.6) is 0 Å². The standard InChI is InChI=1S/C11H17NO2/c1-7-4-10(9(3)13-7)11-6-12-5-8(2)14-11/h4,8,11-12H,5-6H2,1-3H3. The molecule has 1 fully saturated rings. The van der Waals surface area contributed by atoms with E-state index in [1.807, 2.05) is 13.8 Å². The Kier molecular flexibility index (Phi) is 2.61. The van der Waals surface area contributed by atoms with Gasteiger partial charge in [0.2, 0.25) is 0 Å². The highest BCUT2D eigenvalue weighted by molar-refractivity contribution is 5.23. The Hall–Kier alpha value is -0.800. The summed E-state index contributed by atoms with van der Waals surface area (Å²) in [5, 5.41) is 3.35. The zero-order chi connectivity index (χ0) is 10.1. The highest BCUT2D eigenvalue weighted by Crippen LogP contribution is 2.26. The molecule has 1 aromatic rings. The first-order chi connectivity index (χ1) is 6.66. The van der Waals surface area contributed by atoms with Crippen LogP contribution in [-0.2, 0) is 4.74 Å². The van der Waals surface area contributed by atoms with E-state index in [4.69, 9.17) is 9.15 Å². The van der Waals surface area contributed by atoms with Gasteiger partial charge >= 0.3 is 0 Å². The molecule has 2 rings (SSSR count). The van der Waals surface area contributed by atoms with Crippen LogP contribution in [0.3, 0.4) is 0 Å². The molecule has 14 heavy (non-hydrogen) atoms. The van der Waals surface area contributed by atoms with Crippen LogP contribution in [0.2, 0.25) is 0 Å². The summed E-state index contributed by atoms with van der Waals surface area (Å²) in [6, 6.07) is 2.07. The average Bonchev–Trinajstić information content (AvgIpc) is 2.45. The first kappa shape index (κ1) is 9.74. The monoisotopic (exact) mass is 195 g/mol. The summed E-state index contributed by atoms with van der Waals surface area (Å²) in [6.45, 7) is 7.86. The van der Waals surface area contributed by atoms with Crippen LogP contribution in [-0.4, -0.2) is 19.2 Å². The molecular weight excluding hydrogens is 178 g/mol. The molecule has 0 radical (unpaired) electrons. The lowest BCUT2D eigenvalue weighted by Gasteiger charge is -2.28. The minimum atomic E-state index is 0.149. The number of nitrogens with one attached hydrogen (secondary N) is 1.